The van der Waals surface area contributed by atoms with Crippen LogP contribution in [-0.4, -0.2) is 7.11 Å². The van der Waals surface area contributed by atoms with Gasteiger partial charge >= 0.3 is 0 Å². The van der Waals surface area contributed by atoms with Gasteiger partial charge in [0.1, 0.15) is 5.75 Å². The predicted octanol–water partition coefficient (Wildman–Crippen LogP) is 5.86. The average Bonchev–Trinajstić information content (AvgIpc) is 2.81. The van der Waals surface area contributed by atoms with Gasteiger partial charge < -0.3 is 4.74 Å². The molecule has 1 aliphatic rings. The molecule has 3 rings (SSSR count). The van der Waals surface area contributed by atoms with E-state index < -0.39 is 0 Å². The molecule has 1 aliphatic carbocycles. The zero-order chi connectivity index (χ0) is 17.0. The largest absolute Gasteiger partial charge is 0.496 e. The van der Waals surface area contributed by atoms with E-state index in [1.807, 2.05) is 0 Å². The van der Waals surface area contributed by atoms with Crippen LogP contribution >= 0.6 is 0 Å². The first-order valence-electron chi connectivity index (χ1n) is 8.46. The molecule has 0 spiro atoms. The number of hydrogen-bond acceptors (Lipinski definition) is 1. The number of fused-ring (bicyclic) bond motifs is 3. The zero-order valence-electron chi connectivity index (χ0n) is 15.5. The van der Waals surface area contributed by atoms with Crippen LogP contribution in [-0.2, 0) is 17.3 Å². The van der Waals surface area contributed by atoms with Gasteiger partial charge in [0.25, 0.3) is 0 Å². The normalized spacial score (nSPS) is 13.7. The lowest BCUT2D eigenvalue weighted by Crippen LogP contribution is -2.12. The van der Waals surface area contributed by atoms with Gasteiger partial charge in [-0.15, -0.1) is 0 Å². The maximum Gasteiger partial charge on any atom is 0.127 e. The van der Waals surface area contributed by atoms with E-state index in [2.05, 4.69) is 71.9 Å². The van der Waals surface area contributed by atoms with Gasteiger partial charge in [-0.3, -0.25) is 0 Å². The molecule has 0 aliphatic heterocycles. The molecular weight excluding hydrogens is 280 g/mol. The Morgan fingerprint density at radius 3 is 2.00 bits per heavy atom. The highest BCUT2D eigenvalue weighted by Crippen LogP contribution is 2.46. The molecule has 0 N–H and O–H groups in total. The molecule has 122 valence electrons. The fraction of sp³-hybridized carbons (Fsp3) is 0.455. The van der Waals surface area contributed by atoms with Crippen molar-refractivity contribution in [3.05, 3.63) is 52.6 Å². The summed E-state index contributed by atoms with van der Waals surface area (Å²) < 4.78 is 5.78. The van der Waals surface area contributed by atoms with Crippen molar-refractivity contribution in [1.29, 1.82) is 0 Å². The Labute approximate surface area is 140 Å². The summed E-state index contributed by atoms with van der Waals surface area (Å²) in [6, 6.07) is 11.5. The van der Waals surface area contributed by atoms with Crippen molar-refractivity contribution in [2.45, 2.75) is 58.8 Å². The first-order chi connectivity index (χ1) is 10.6. The third-order valence-electron chi connectivity index (χ3n) is 4.90. The summed E-state index contributed by atoms with van der Waals surface area (Å²) in [6.07, 6.45) is 1.01. The fourth-order valence-corrected chi connectivity index (χ4v) is 3.35. The molecule has 0 saturated carbocycles. The summed E-state index contributed by atoms with van der Waals surface area (Å²) in [4.78, 5) is 0. The second-order valence-electron chi connectivity index (χ2n) is 8.76. The number of methoxy groups -OCH3 is 1. The van der Waals surface area contributed by atoms with E-state index in [1.54, 1.807) is 7.11 Å². The number of rotatable bonds is 1. The van der Waals surface area contributed by atoms with Crippen molar-refractivity contribution in [2.75, 3.05) is 7.11 Å². The SMILES string of the molecule is COc1cc(C(C)(C)C)cc2c1-c1cc(C(C)(C)C)ccc1C2. The van der Waals surface area contributed by atoms with Crippen LogP contribution in [0.25, 0.3) is 11.1 Å². The Morgan fingerprint density at radius 2 is 1.43 bits per heavy atom. The van der Waals surface area contributed by atoms with Crippen LogP contribution in [0.3, 0.4) is 0 Å². The Morgan fingerprint density at radius 1 is 0.783 bits per heavy atom. The maximum atomic E-state index is 5.78. The second kappa shape index (κ2) is 5.12. The molecule has 0 fully saturated rings. The number of ether oxygens (including phenoxy) is 1. The molecule has 0 unspecified atom stereocenters. The van der Waals surface area contributed by atoms with Gasteiger partial charge in [-0.1, -0.05) is 65.8 Å². The first-order valence-corrected chi connectivity index (χ1v) is 8.46. The van der Waals surface area contributed by atoms with Gasteiger partial charge in [0, 0.05) is 5.56 Å². The second-order valence-corrected chi connectivity index (χ2v) is 8.76. The van der Waals surface area contributed by atoms with E-state index in [4.69, 9.17) is 4.74 Å². The molecule has 0 bridgehead atoms. The molecule has 0 saturated heterocycles. The maximum absolute atomic E-state index is 5.78. The summed E-state index contributed by atoms with van der Waals surface area (Å²) in [7, 11) is 1.79. The summed E-state index contributed by atoms with van der Waals surface area (Å²) >= 11 is 0. The Balaban J connectivity index is 2.21. The van der Waals surface area contributed by atoms with E-state index in [1.165, 1.54) is 33.4 Å². The summed E-state index contributed by atoms with van der Waals surface area (Å²) in [5.41, 5.74) is 8.48. The summed E-state index contributed by atoms with van der Waals surface area (Å²) in [6.45, 7) is 13.6. The van der Waals surface area contributed by atoms with E-state index in [0.29, 0.717) is 0 Å². The Kier molecular flexibility index (Phi) is 3.59. The zero-order valence-corrected chi connectivity index (χ0v) is 15.5. The minimum absolute atomic E-state index is 0.133. The first kappa shape index (κ1) is 16.1. The smallest absolute Gasteiger partial charge is 0.127 e. The van der Waals surface area contributed by atoms with Crippen molar-refractivity contribution in [3.63, 3.8) is 0 Å². The van der Waals surface area contributed by atoms with E-state index in [-0.39, 0.29) is 10.8 Å². The van der Waals surface area contributed by atoms with Crippen LogP contribution in [0, 0.1) is 0 Å². The summed E-state index contributed by atoms with van der Waals surface area (Å²) in [5, 5.41) is 0. The standard InChI is InChI=1S/C22H28O/c1-21(2,3)16-9-8-14-10-15-11-17(22(4,5)6)13-19(23-7)20(15)18(14)12-16/h8-9,11-13H,10H2,1-7H3. The van der Waals surface area contributed by atoms with Gasteiger partial charge in [-0.2, -0.15) is 0 Å². The molecule has 2 aromatic rings. The highest BCUT2D eigenvalue weighted by atomic mass is 16.5. The highest BCUT2D eigenvalue weighted by Gasteiger charge is 2.27. The van der Waals surface area contributed by atoms with Gasteiger partial charge in [0.2, 0.25) is 0 Å². The van der Waals surface area contributed by atoms with Gasteiger partial charge in [-0.05, 0) is 51.1 Å². The van der Waals surface area contributed by atoms with E-state index in [9.17, 15) is 0 Å². The van der Waals surface area contributed by atoms with Crippen molar-refractivity contribution in [2.24, 2.45) is 0 Å². The lowest BCUT2D eigenvalue weighted by Gasteiger charge is -2.22. The lowest BCUT2D eigenvalue weighted by molar-refractivity contribution is 0.414. The van der Waals surface area contributed by atoms with Gasteiger partial charge in [0.15, 0.2) is 0 Å². The highest BCUT2D eigenvalue weighted by molar-refractivity contribution is 5.83. The minimum atomic E-state index is 0.133. The fourth-order valence-electron chi connectivity index (χ4n) is 3.35. The molecule has 0 aromatic heterocycles. The molecule has 1 nitrogen and oxygen atoms in total. The molecule has 0 amide bonds. The lowest BCUT2D eigenvalue weighted by atomic mass is 9.84. The third-order valence-corrected chi connectivity index (χ3v) is 4.90. The van der Waals surface area contributed by atoms with Crippen molar-refractivity contribution in [3.8, 4) is 16.9 Å². The summed E-state index contributed by atoms with van der Waals surface area (Å²) in [5.74, 6) is 1.01. The Bertz CT molecular complexity index is 755. The van der Waals surface area contributed by atoms with Crippen molar-refractivity contribution >= 4 is 0 Å². The van der Waals surface area contributed by atoms with Crippen LogP contribution in [0.5, 0.6) is 5.75 Å². The monoisotopic (exact) mass is 308 g/mol. The van der Waals surface area contributed by atoms with Crippen LogP contribution in [0.1, 0.15) is 63.8 Å². The van der Waals surface area contributed by atoms with Crippen molar-refractivity contribution < 1.29 is 4.74 Å². The molecular formula is C22H28O. The van der Waals surface area contributed by atoms with E-state index in [0.717, 1.165) is 12.2 Å². The van der Waals surface area contributed by atoms with Crippen molar-refractivity contribution in [1.82, 2.24) is 0 Å². The minimum Gasteiger partial charge on any atom is -0.496 e. The third kappa shape index (κ3) is 2.78. The van der Waals surface area contributed by atoms with Gasteiger partial charge in [-0.25, -0.2) is 0 Å². The number of benzene rings is 2. The topological polar surface area (TPSA) is 9.23 Å². The molecule has 23 heavy (non-hydrogen) atoms. The van der Waals surface area contributed by atoms with Gasteiger partial charge in [0.05, 0.1) is 7.11 Å². The molecule has 0 atom stereocenters. The van der Waals surface area contributed by atoms with Crippen LogP contribution in [0.2, 0.25) is 0 Å². The predicted molar refractivity (Wildman–Crippen MR) is 98.6 cm³/mol. The molecule has 1 heteroatoms. The Hall–Kier alpha value is -1.76. The van der Waals surface area contributed by atoms with Crippen LogP contribution in [0.15, 0.2) is 30.3 Å². The molecule has 2 aromatic carbocycles. The molecule has 0 heterocycles. The average molecular weight is 308 g/mol. The van der Waals surface area contributed by atoms with Crippen LogP contribution < -0.4 is 4.74 Å². The molecule has 0 radical (unpaired) electrons. The number of hydrogen-bond donors (Lipinski definition) is 0. The van der Waals surface area contributed by atoms with Crippen LogP contribution in [0.4, 0.5) is 0 Å². The quantitative estimate of drug-likeness (QED) is 0.547. The van der Waals surface area contributed by atoms with E-state index >= 15 is 0 Å².